The zero-order valence-corrected chi connectivity index (χ0v) is 25.5. The molecule has 2 rings (SSSR count). The maximum atomic E-state index is 12.4. The molecule has 0 aliphatic heterocycles. The quantitative estimate of drug-likeness (QED) is 0.0853. The van der Waals surface area contributed by atoms with E-state index in [1.165, 1.54) is 88.2 Å². The highest BCUT2D eigenvalue weighted by atomic mass is 16.6. The molecule has 1 atom stereocenters. The van der Waals surface area contributed by atoms with Gasteiger partial charge in [0.1, 0.15) is 25.0 Å². The number of carbonyl (C=O) groups excluding carboxylic acids is 1. The minimum absolute atomic E-state index is 0.158. The normalized spacial score (nSPS) is 12.3. The minimum atomic E-state index is -0.177. The SMILES string of the molecule is CCCCCCCCCCCCCCc1ccccc1OC(C)COC(=O)CC[N+](C)(C)Cc1ccccc1. The summed E-state index contributed by atoms with van der Waals surface area (Å²) in [6, 6.07) is 18.7. The summed E-state index contributed by atoms with van der Waals surface area (Å²) in [5, 5.41) is 0. The first-order valence-electron chi connectivity index (χ1n) is 15.7. The van der Waals surface area contributed by atoms with Gasteiger partial charge in [-0.05, 0) is 31.4 Å². The lowest BCUT2D eigenvalue weighted by atomic mass is 10.0. The fourth-order valence-corrected chi connectivity index (χ4v) is 5.07. The van der Waals surface area contributed by atoms with Crippen LogP contribution >= 0.6 is 0 Å². The van der Waals surface area contributed by atoms with Crippen LogP contribution in [0.25, 0.3) is 0 Å². The number of rotatable bonds is 22. The number of hydrogen-bond donors (Lipinski definition) is 0. The van der Waals surface area contributed by atoms with Crippen LogP contribution in [0.3, 0.4) is 0 Å². The average Bonchev–Trinajstić information content (AvgIpc) is 2.92. The molecule has 1 unspecified atom stereocenters. The van der Waals surface area contributed by atoms with Gasteiger partial charge in [0, 0.05) is 5.56 Å². The second kappa shape index (κ2) is 19.7. The van der Waals surface area contributed by atoms with E-state index in [1.54, 1.807) is 0 Å². The fourth-order valence-electron chi connectivity index (χ4n) is 5.07. The van der Waals surface area contributed by atoms with Gasteiger partial charge in [0.2, 0.25) is 0 Å². The van der Waals surface area contributed by atoms with Gasteiger partial charge in [-0.15, -0.1) is 0 Å². The first-order valence-corrected chi connectivity index (χ1v) is 15.7. The molecule has 0 aromatic heterocycles. The summed E-state index contributed by atoms with van der Waals surface area (Å²) in [7, 11) is 4.30. The van der Waals surface area contributed by atoms with Gasteiger partial charge in [-0.1, -0.05) is 126 Å². The molecular weight excluding hydrogens is 482 g/mol. The molecule has 0 radical (unpaired) electrons. The van der Waals surface area contributed by atoms with Gasteiger partial charge in [-0.3, -0.25) is 4.79 Å². The number of hydrogen-bond acceptors (Lipinski definition) is 3. The van der Waals surface area contributed by atoms with Crippen molar-refractivity contribution >= 4 is 5.97 Å². The second-order valence-electron chi connectivity index (χ2n) is 11.9. The third-order valence-electron chi connectivity index (χ3n) is 7.45. The smallest absolute Gasteiger partial charge is 0.311 e. The molecule has 0 aliphatic rings. The van der Waals surface area contributed by atoms with Crippen LogP contribution in [0.4, 0.5) is 0 Å². The van der Waals surface area contributed by atoms with Crippen molar-refractivity contribution in [1.29, 1.82) is 0 Å². The summed E-state index contributed by atoms with van der Waals surface area (Å²) in [6.45, 7) is 6.16. The van der Waals surface area contributed by atoms with Gasteiger partial charge in [0.15, 0.2) is 0 Å². The molecule has 39 heavy (non-hydrogen) atoms. The first-order chi connectivity index (χ1) is 18.9. The van der Waals surface area contributed by atoms with Crippen LogP contribution in [0.1, 0.15) is 108 Å². The number of nitrogens with zero attached hydrogens (tertiary/aromatic N) is 1. The number of quaternary nitrogens is 1. The molecule has 0 amide bonds. The van der Waals surface area contributed by atoms with Crippen molar-refractivity contribution in [2.45, 2.75) is 116 Å². The number of para-hydroxylation sites is 1. The number of benzene rings is 2. The van der Waals surface area contributed by atoms with Gasteiger partial charge in [0.25, 0.3) is 0 Å². The lowest BCUT2D eigenvalue weighted by molar-refractivity contribution is -0.903. The Hall–Kier alpha value is -2.33. The van der Waals surface area contributed by atoms with Crippen LogP contribution in [-0.4, -0.2) is 43.8 Å². The highest BCUT2D eigenvalue weighted by molar-refractivity contribution is 5.69. The van der Waals surface area contributed by atoms with E-state index in [-0.39, 0.29) is 18.7 Å². The van der Waals surface area contributed by atoms with Crippen molar-refractivity contribution in [3.63, 3.8) is 0 Å². The summed E-state index contributed by atoms with van der Waals surface area (Å²) in [5.74, 6) is 0.763. The molecular formula is C35H56NO3+. The summed E-state index contributed by atoms with van der Waals surface area (Å²) in [4.78, 5) is 12.4. The lowest BCUT2D eigenvalue weighted by Crippen LogP contribution is -2.40. The topological polar surface area (TPSA) is 35.5 Å². The molecule has 0 saturated carbocycles. The monoisotopic (exact) mass is 538 g/mol. The van der Waals surface area contributed by atoms with Crippen LogP contribution in [0.2, 0.25) is 0 Å². The van der Waals surface area contributed by atoms with E-state index in [4.69, 9.17) is 9.47 Å². The molecule has 0 aliphatic carbocycles. The van der Waals surface area contributed by atoms with Crippen LogP contribution in [0.5, 0.6) is 5.75 Å². The van der Waals surface area contributed by atoms with Gasteiger partial charge >= 0.3 is 5.97 Å². The average molecular weight is 539 g/mol. The third kappa shape index (κ3) is 15.8. The summed E-state index contributed by atoms with van der Waals surface area (Å²) in [6.07, 6.45) is 17.6. The molecule has 0 spiro atoms. The maximum Gasteiger partial charge on any atom is 0.311 e. The molecule has 2 aromatic rings. The molecule has 0 bridgehead atoms. The summed E-state index contributed by atoms with van der Waals surface area (Å²) < 4.78 is 12.5. The van der Waals surface area contributed by atoms with Gasteiger partial charge in [-0.2, -0.15) is 0 Å². The van der Waals surface area contributed by atoms with Crippen molar-refractivity contribution in [3.8, 4) is 5.75 Å². The standard InChI is InChI=1S/C35H56NO3/c1-5-6-7-8-9-10-11-12-13-14-15-19-24-33-25-20-21-26-34(33)39-31(2)30-38-35(37)27-28-36(3,4)29-32-22-17-16-18-23-32/h16-18,20-23,25-26,31H,5-15,19,24,27-30H2,1-4H3/q+1. The third-order valence-corrected chi connectivity index (χ3v) is 7.45. The predicted octanol–water partition coefficient (Wildman–Crippen LogP) is 8.91. The van der Waals surface area contributed by atoms with Crippen LogP contribution in [0, 0.1) is 0 Å². The molecule has 218 valence electrons. The highest BCUT2D eigenvalue weighted by Crippen LogP contribution is 2.22. The predicted molar refractivity (Wildman–Crippen MR) is 164 cm³/mol. The molecule has 0 N–H and O–H groups in total. The van der Waals surface area contributed by atoms with Gasteiger partial charge in [-0.25, -0.2) is 0 Å². The molecule has 2 aromatic carbocycles. The lowest BCUT2D eigenvalue weighted by Gasteiger charge is -2.29. The Bertz CT molecular complexity index is 896. The number of unbranched alkanes of at least 4 members (excludes halogenated alkanes) is 11. The van der Waals surface area contributed by atoms with Crippen molar-refractivity contribution in [3.05, 3.63) is 65.7 Å². The van der Waals surface area contributed by atoms with E-state index in [1.807, 2.05) is 25.1 Å². The van der Waals surface area contributed by atoms with Crippen molar-refractivity contribution in [2.75, 3.05) is 27.2 Å². The molecule has 0 heterocycles. The van der Waals surface area contributed by atoms with Crippen LogP contribution in [-0.2, 0) is 22.5 Å². The van der Waals surface area contributed by atoms with Crippen LogP contribution < -0.4 is 4.74 Å². The van der Waals surface area contributed by atoms with Crippen LogP contribution in [0.15, 0.2) is 54.6 Å². The van der Waals surface area contributed by atoms with E-state index in [0.717, 1.165) is 29.7 Å². The van der Waals surface area contributed by atoms with E-state index < -0.39 is 0 Å². The second-order valence-corrected chi connectivity index (χ2v) is 11.9. The Morgan fingerprint density at radius 3 is 1.97 bits per heavy atom. The maximum absolute atomic E-state index is 12.4. The Balaban J connectivity index is 1.59. The number of esters is 1. The zero-order valence-electron chi connectivity index (χ0n) is 25.5. The number of ether oxygens (including phenoxy) is 2. The summed E-state index contributed by atoms with van der Waals surface area (Å²) >= 11 is 0. The van der Waals surface area contributed by atoms with E-state index >= 15 is 0 Å². The number of carbonyl (C=O) groups is 1. The zero-order chi connectivity index (χ0) is 28.2. The Morgan fingerprint density at radius 1 is 0.769 bits per heavy atom. The highest BCUT2D eigenvalue weighted by Gasteiger charge is 2.19. The van der Waals surface area contributed by atoms with Gasteiger partial charge < -0.3 is 14.0 Å². The molecule has 4 nitrogen and oxygen atoms in total. The molecule has 4 heteroatoms. The first kappa shape index (κ1) is 32.9. The van der Waals surface area contributed by atoms with E-state index in [9.17, 15) is 4.79 Å². The fraction of sp³-hybridized carbons (Fsp3) is 0.629. The minimum Gasteiger partial charge on any atom is -0.487 e. The van der Waals surface area contributed by atoms with Gasteiger partial charge in [0.05, 0.1) is 27.1 Å². The number of aryl methyl sites for hydroxylation is 1. The summed E-state index contributed by atoms with van der Waals surface area (Å²) in [5.41, 5.74) is 2.53. The van der Waals surface area contributed by atoms with Crippen molar-refractivity contribution in [2.24, 2.45) is 0 Å². The largest absolute Gasteiger partial charge is 0.487 e. The molecule has 0 saturated heterocycles. The Kier molecular flexibility index (Phi) is 16.6. The van der Waals surface area contributed by atoms with Crippen molar-refractivity contribution in [1.82, 2.24) is 0 Å². The Morgan fingerprint density at radius 2 is 1.33 bits per heavy atom. The molecule has 0 fully saturated rings. The van der Waals surface area contributed by atoms with E-state index in [2.05, 4.69) is 57.4 Å². The van der Waals surface area contributed by atoms with E-state index in [0.29, 0.717) is 6.42 Å². The van der Waals surface area contributed by atoms with Crippen molar-refractivity contribution < 1.29 is 18.8 Å². The Labute approximate surface area is 239 Å².